The van der Waals surface area contributed by atoms with Gasteiger partial charge in [0.1, 0.15) is 12.6 Å². The van der Waals surface area contributed by atoms with Crippen molar-refractivity contribution < 1.29 is 18.0 Å². The normalized spacial score (nSPS) is 12.0. The highest BCUT2D eigenvalue weighted by molar-refractivity contribution is 7.92. The first-order valence-corrected chi connectivity index (χ1v) is 15.4. The van der Waals surface area contributed by atoms with Gasteiger partial charge in [0.2, 0.25) is 11.8 Å². The van der Waals surface area contributed by atoms with Gasteiger partial charge in [0.05, 0.1) is 10.6 Å². The predicted molar refractivity (Wildman–Crippen MR) is 161 cm³/mol. The highest BCUT2D eigenvalue weighted by atomic mass is 35.5. The monoisotopic (exact) mass is 603 g/mol. The van der Waals surface area contributed by atoms with Gasteiger partial charge in [-0.2, -0.15) is 0 Å². The van der Waals surface area contributed by atoms with Gasteiger partial charge in [0, 0.05) is 23.1 Å². The second kappa shape index (κ2) is 14.5. The number of anilines is 1. The van der Waals surface area contributed by atoms with Gasteiger partial charge in [0.15, 0.2) is 0 Å². The number of rotatable bonds is 13. The van der Waals surface area contributed by atoms with Crippen LogP contribution in [-0.2, 0) is 26.2 Å². The second-order valence-corrected chi connectivity index (χ2v) is 12.1. The largest absolute Gasteiger partial charge is 0.354 e. The second-order valence-electron chi connectivity index (χ2n) is 9.43. The molecule has 0 aliphatic heterocycles. The van der Waals surface area contributed by atoms with Crippen molar-refractivity contribution in [2.24, 2.45) is 0 Å². The number of carbonyl (C=O) groups excluding carboxylic acids is 2. The molecule has 1 N–H and O–H groups in total. The molecule has 3 rings (SSSR count). The molecule has 0 spiro atoms. The maximum absolute atomic E-state index is 14.1. The van der Waals surface area contributed by atoms with Crippen molar-refractivity contribution in [1.29, 1.82) is 0 Å². The average Bonchev–Trinajstić information content (AvgIpc) is 2.95. The topological polar surface area (TPSA) is 86.8 Å². The van der Waals surface area contributed by atoms with Crippen molar-refractivity contribution in [1.82, 2.24) is 10.2 Å². The molecular formula is C30H35Cl2N3O4S. The minimum Gasteiger partial charge on any atom is -0.354 e. The molecule has 3 aromatic rings. The number of hydrogen-bond acceptors (Lipinski definition) is 4. The van der Waals surface area contributed by atoms with Crippen molar-refractivity contribution in [2.45, 2.75) is 57.5 Å². The van der Waals surface area contributed by atoms with E-state index in [2.05, 4.69) is 5.32 Å². The van der Waals surface area contributed by atoms with E-state index in [-0.39, 0.29) is 23.0 Å². The lowest BCUT2D eigenvalue weighted by Gasteiger charge is -2.33. The van der Waals surface area contributed by atoms with Gasteiger partial charge in [-0.15, -0.1) is 0 Å². The van der Waals surface area contributed by atoms with Crippen molar-refractivity contribution in [3.05, 3.63) is 94.0 Å². The summed E-state index contributed by atoms with van der Waals surface area (Å²) in [4.78, 5) is 28.8. The first kappa shape index (κ1) is 31.5. The lowest BCUT2D eigenvalue weighted by molar-refractivity contribution is -0.140. The van der Waals surface area contributed by atoms with Crippen LogP contribution < -0.4 is 9.62 Å². The van der Waals surface area contributed by atoms with Crippen LogP contribution in [0.25, 0.3) is 0 Å². The molecule has 0 fully saturated rings. The number of carbonyl (C=O) groups is 2. The van der Waals surface area contributed by atoms with Crippen LogP contribution in [0.5, 0.6) is 0 Å². The fourth-order valence-corrected chi connectivity index (χ4v) is 6.10. The molecule has 0 unspecified atom stereocenters. The number of unbranched alkanes of at least 4 members (excludes halogenated alkanes) is 1. The molecule has 0 aliphatic rings. The van der Waals surface area contributed by atoms with E-state index in [1.807, 2.05) is 13.8 Å². The third kappa shape index (κ3) is 7.77. The number of benzene rings is 3. The van der Waals surface area contributed by atoms with Crippen LogP contribution in [0.15, 0.2) is 77.7 Å². The minimum atomic E-state index is -4.16. The van der Waals surface area contributed by atoms with E-state index < -0.39 is 28.5 Å². The highest BCUT2D eigenvalue weighted by Gasteiger charge is 2.34. The van der Waals surface area contributed by atoms with Gasteiger partial charge in [-0.1, -0.05) is 79.9 Å². The molecule has 2 amide bonds. The Labute approximate surface area is 247 Å². The van der Waals surface area contributed by atoms with Gasteiger partial charge in [-0.25, -0.2) is 8.42 Å². The van der Waals surface area contributed by atoms with E-state index >= 15 is 0 Å². The molecular weight excluding hydrogens is 569 g/mol. The van der Waals surface area contributed by atoms with Crippen molar-refractivity contribution in [3.63, 3.8) is 0 Å². The zero-order valence-electron chi connectivity index (χ0n) is 22.9. The standard InChI is InChI=1S/C30H35Cl2N3O4S/c1-4-6-19-33-30(37)27(5-2)34(20-23-15-17-24(31)18-16-23)29(36)21-35(28-14-10-13-26(32)22(28)3)40(38,39)25-11-8-7-9-12-25/h7-18,27H,4-6,19-21H2,1-3H3,(H,33,37)/t27-/m1/s1. The Morgan fingerprint density at radius 2 is 1.60 bits per heavy atom. The highest BCUT2D eigenvalue weighted by Crippen LogP contribution is 2.31. The van der Waals surface area contributed by atoms with E-state index in [0.717, 1.165) is 22.7 Å². The van der Waals surface area contributed by atoms with Gasteiger partial charge < -0.3 is 10.2 Å². The first-order valence-electron chi connectivity index (χ1n) is 13.2. The molecule has 7 nitrogen and oxygen atoms in total. The number of nitrogens with one attached hydrogen (secondary N) is 1. The Morgan fingerprint density at radius 3 is 2.23 bits per heavy atom. The van der Waals surface area contributed by atoms with E-state index in [9.17, 15) is 18.0 Å². The first-order chi connectivity index (χ1) is 19.1. The Hall–Kier alpha value is -3.07. The van der Waals surface area contributed by atoms with E-state index in [1.165, 1.54) is 17.0 Å². The summed E-state index contributed by atoms with van der Waals surface area (Å²) in [6.07, 6.45) is 2.07. The third-order valence-corrected chi connectivity index (χ3v) is 9.03. The summed E-state index contributed by atoms with van der Waals surface area (Å²) in [6.45, 7) is 5.63. The van der Waals surface area contributed by atoms with Crippen LogP contribution >= 0.6 is 23.2 Å². The van der Waals surface area contributed by atoms with Gasteiger partial charge in [-0.05, 0) is 67.3 Å². The minimum absolute atomic E-state index is 0.0378. The molecule has 0 heterocycles. The molecule has 214 valence electrons. The summed E-state index contributed by atoms with van der Waals surface area (Å²) in [5, 5.41) is 3.84. The quantitative estimate of drug-likeness (QED) is 0.235. The number of amides is 2. The average molecular weight is 605 g/mol. The third-order valence-electron chi connectivity index (χ3n) is 6.60. The molecule has 0 bridgehead atoms. The van der Waals surface area contributed by atoms with Crippen LogP contribution in [0.1, 0.15) is 44.2 Å². The van der Waals surface area contributed by atoms with Gasteiger partial charge in [0.25, 0.3) is 10.0 Å². The Morgan fingerprint density at radius 1 is 0.925 bits per heavy atom. The molecule has 3 aromatic carbocycles. The van der Waals surface area contributed by atoms with Crippen molar-refractivity contribution in [3.8, 4) is 0 Å². The summed E-state index contributed by atoms with van der Waals surface area (Å²) in [5.41, 5.74) is 1.57. The molecule has 0 aromatic heterocycles. The Kier molecular flexibility index (Phi) is 11.4. The van der Waals surface area contributed by atoms with Crippen molar-refractivity contribution >= 4 is 50.7 Å². The van der Waals surface area contributed by atoms with Crippen LogP contribution in [0.3, 0.4) is 0 Å². The Bertz CT molecular complexity index is 1400. The molecule has 1 atom stereocenters. The number of nitrogens with zero attached hydrogens (tertiary/aromatic N) is 2. The lowest BCUT2D eigenvalue weighted by Crippen LogP contribution is -2.52. The molecule has 0 saturated heterocycles. The predicted octanol–water partition coefficient (Wildman–Crippen LogP) is 6.22. The molecule has 0 saturated carbocycles. The summed E-state index contributed by atoms with van der Waals surface area (Å²) in [6, 6.07) is 19.0. The van der Waals surface area contributed by atoms with Crippen LogP contribution in [0.2, 0.25) is 10.0 Å². The zero-order valence-corrected chi connectivity index (χ0v) is 25.3. The molecule has 0 radical (unpaired) electrons. The lowest BCUT2D eigenvalue weighted by atomic mass is 10.1. The zero-order chi connectivity index (χ0) is 29.3. The van der Waals surface area contributed by atoms with E-state index in [0.29, 0.717) is 28.6 Å². The number of hydrogen-bond donors (Lipinski definition) is 1. The number of halogens is 2. The molecule has 0 aliphatic carbocycles. The fourth-order valence-electron chi connectivity index (χ4n) is 4.31. The summed E-state index contributed by atoms with van der Waals surface area (Å²) in [7, 11) is -4.16. The summed E-state index contributed by atoms with van der Waals surface area (Å²) in [5.74, 6) is -0.805. The van der Waals surface area contributed by atoms with Gasteiger partial charge >= 0.3 is 0 Å². The summed E-state index contributed by atoms with van der Waals surface area (Å²) < 4.78 is 28.9. The fraction of sp³-hybridized carbons (Fsp3) is 0.333. The number of sulfonamides is 1. The molecule has 40 heavy (non-hydrogen) atoms. The smallest absolute Gasteiger partial charge is 0.264 e. The Balaban J connectivity index is 2.06. The van der Waals surface area contributed by atoms with Crippen LogP contribution in [0.4, 0.5) is 5.69 Å². The van der Waals surface area contributed by atoms with Crippen LogP contribution in [0, 0.1) is 6.92 Å². The van der Waals surface area contributed by atoms with E-state index in [4.69, 9.17) is 23.2 Å². The van der Waals surface area contributed by atoms with Gasteiger partial charge in [-0.3, -0.25) is 13.9 Å². The molecule has 10 heteroatoms. The van der Waals surface area contributed by atoms with Crippen molar-refractivity contribution in [2.75, 3.05) is 17.4 Å². The maximum Gasteiger partial charge on any atom is 0.264 e. The summed E-state index contributed by atoms with van der Waals surface area (Å²) >= 11 is 12.4. The maximum atomic E-state index is 14.1. The SMILES string of the molecule is CCCCNC(=O)[C@@H](CC)N(Cc1ccc(Cl)cc1)C(=O)CN(c1cccc(Cl)c1C)S(=O)(=O)c1ccccc1. The van der Waals surface area contributed by atoms with E-state index in [1.54, 1.807) is 67.6 Å². The van der Waals surface area contributed by atoms with Crippen LogP contribution in [-0.4, -0.2) is 44.3 Å².